The van der Waals surface area contributed by atoms with Gasteiger partial charge in [-0.15, -0.1) is 5.10 Å². The molecule has 0 atom stereocenters. The summed E-state index contributed by atoms with van der Waals surface area (Å²) in [7, 11) is 0. The van der Waals surface area contributed by atoms with Crippen molar-refractivity contribution in [3.05, 3.63) is 11.4 Å². The summed E-state index contributed by atoms with van der Waals surface area (Å²) in [4.78, 5) is 0. The van der Waals surface area contributed by atoms with E-state index in [0.29, 0.717) is 5.69 Å². The van der Waals surface area contributed by atoms with E-state index in [4.69, 9.17) is 0 Å². The highest BCUT2D eigenvalue weighted by molar-refractivity contribution is 5.24. The lowest BCUT2D eigenvalue weighted by atomic mass is 9.85. The van der Waals surface area contributed by atoms with Gasteiger partial charge in [-0.05, 0) is 25.2 Å². The average Bonchev–Trinajstić information content (AvgIpc) is 2.92. The second kappa shape index (κ2) is 8.81. The molecule has 1 fully saturated rings. The lowest BCUT2D eigenvalue weighted by Gasteiger charge is -2.21. The van der Waals surface area contributed by atoms with Gasteiger partial charge in [0.25, 0.3) is 0 Å². The number of unbranched alkanes of at least 4 members (excludes halogenated alkanes) is 3. The summed E-state index contributed by atoms with van der Waals surface area (Å²) in [6, 6.07) is 2.21. The number of aromatic nitrogens is 3. The minimum Gasteiger partial charge on any atom is -0.248 e. The Hall–Kier alpha value is -1.37. The van der Waals surface area contributed by atoms with Crippen molar-refractivity contribution >= 4 is 0 Å². The number of aryl methyl sites for hydroxylation is 1. The highest BCUT2D eigenvalue weighted by Crippen LogP contribution is 2.27. The summed E-state index contributed by atoms with van der Waals surface area (Å²) in [5.74, 6) is 0.841. The topological polar surface area (TPSA) is 54.5 Å². The third-order valence-corrected chi connectivity index (χ3v) is 4.68. The van der Waals surface area contributed by atoms with Crippen molar-refractivity contribution in [1.82, 2.24) is 15.0 Å². The van der Waals surface area contributed by atoms with E-state index in [0.717, 1.165) is 31.0 Å². The second-order valence-electron chi connectivity index (χ2n) is 6.32. The van der Waals surface area contributed by atoms with Crippen LogP contribution in [0.25, 0.3) is 0 Å². The normalized spacial score (nSPS) is 16.0. The largest absolute Gasteiger partial charge is 0.248 e. The molecule has 1 aromatic heterocycles. The Morgan fingerprint density at radius 3 is 2.71 bits per heavy atom. The molecule has 0 saturated heterocycles. The monoisotopic (exact) mass is 288 g/mol. The van der Waals surface area contributed by atoms with Crippen LogP contribution in [0.4, 0.5) is 0 Å². The van der Waals surface area contributed by atoms with Crippen LogP contribution in [0.2, 0.25) is 0 Å². The molecule has 0 aliphatic heterocycles. The first-order valence-corrected chi connectivity index (χ1v) is 8.67. The van der Waals surface area contributed by atoms with Gasteiger partial charge in [0.1, 0.15) is 6.07 Å². The number of nitriles is 1. The Morgan fingerprint density at radius 2 is 2.00 bits per heavy atom. The molecule has 1 aliphatic carbocycles. The van der Waals surface area contributed by atoms with Crippen LogP contribution in [0.1, 0.15) is 82.5 Å². The summed E-state index contributed by atoms with van der Waals surface area (Å²) < 4.78 is 1.98. The predicted molar refractivity (Wildman–Crippen MR) is 83.8 cm³/mol. The molecule has 0 bridgehead atoms. The van der Waals surface area contributed by atoms with E-state index in [1.54, 1.807) is 0 Å². The molecule has 0 spiro atoms. The van der Waals surface area contributed by atoms with Crippen molar-refractivity contribution in [2.45, 2.75) is 84.1 Å². The highest BCUT2D eigenvalue weighted by Gasteiger charge is 2.17. The van der Waals surface area contributed by atoms with E-state index in [1.807, 2.05) is 4.68 Å². The summed E-state index contributed by atoms with van der Waals surface area (Å²) in [6.45, 7) is 3.13. The first kappa shape index (κ1) is 16.0. The van der Waals surface area contributed by atoms with Gasteiger partial charge in [0.05, 0.1) is 5.69 Å². The van der Waals surface area contributed by atoms with Crippen LogP contribution in [0.15, 0.2) is 0 Å². The fourth-order valence-electron chi connectivity index (χ4n) is 3.35. The molecule has 1 aliphatic rings. The minimum absolute atomic E-state index is 0.543. The molecule has 0 amide bonds. The van der Waals surface area contributed by atoms with E-state index in [2.05, 4.69) is 23.3 Å². The van der Waals surface area contributed by atoms with Crippen LogP contribution < -0.4 is 0 Å². The second-order valence-corrected chi connectivity index (χ2v) is 6.32. The quantitative estimate of drug-likeness (QED) is 0.672. The van der Waals surface area contributed by atoms with Crippen LogP contribution in [0, 0.1) is 17.2 Å². The van der Waals surface area contributed by atoms with Gasteiger partial charge in [0.15, 0.2) is 5.69 Å². The lowest BCUT2D eigenvalue weighted by Crippen LogP contribution is -2.11. The minimum atomic E-state index is 0.543. The Bertz CT molecular complexity index is 452. The molecule has 1 aromatic rings. The van der Waals surface area contributed by atoms with Crippen LogP contribution in [-0.2, 0) is 13.0 Å². The fraction of sp³-hybridized carbons (Fsp3) is 0.824. The SMILES string of the molecule is CCCCCCn1nnc(C#N)c1CCC1CCCCC1. The Balaban J connectivity index is 1.89. The van der Waals surface area contributed by atoms with Crippen molar-refractivity contribution in [2.24, 2.45) is 5.92 Å². The first-order chi connectivity index (χ1) is 10.3. The maximum Gasteiger partial charge on any atom is 0.185 e. The fourth-order valence-corrected chi connectivity index (χ4v) is 3.35. The predicted octanol–water partition coefficient (Wildman–Crippen LogP) is 4.24. The van der Waals surface area contributed by atoms with Gasteiger partial charge in [-0.2, -0.15) is 5.26 Å². The zero-order valence-electron chi connectivity index (χ0n) is 13.4. The van der Waals surface area contributed by atoms with Crippen molar-refractivity contribution in [1.29, 1.82) is 5.26 Å². The van der Waals surface area contributed by atoms with Crippen molar-refractivity contribution in [2.75, 3.05) is 0 Å². The molecule has 21 heavy (non-hydrogen) atoms. The maximum absolute atomic E-state index is 9.21. The highest BCUT2D eigenvalue weighted by atomic mass is 15.4. The third-order valence-electron chi connectivity index (χ3n) is 4.68. The number of nitrogens with zero attached hydrogens (tertiary/aromatic N) is 4. The molecule has 4 nitrogen and oxygen atoms in total. The zero-order chi connectivity index (χ0) is 14.9. The van der Waals surface area contributed by atoms with E-state index in [1.165, 1.54) is 57.8 Å². The molecule has 1 saturated carbocycles. The summed E-state index contributed by atoms with van der Waals surface area (Å²) >= 11 is 0. The molecule has 0 N–H and O–H groups in total. The van der Waals surface area contributed by atoms with Gasteiger partial charge < -0.3 is 0 Å². The summed E-state index contributed by atoms with van der Waals surface area (Å²) in [5, 5.41) is 17.5. The van der Waals surface area contributed by atoms with E-state index in [-0.39, 0.29) is 0 Å². The zero-order valence-corrected chi connectivity index (χ0v) is 13.4. The van der Waals surface area contributed by atoms with Crippen molar-refractivity contribution < 1.29 is 0 Å². The van der Waals surface area contributed by atoms with Gasteiger partial charge >= 0.3 is 0 Å². The molecular formula is C17H28N4. The molecule has 0 unspecified atom stereocenters. The Labute approximate surface area is 128 Å². The summed E-state index contributed by atoms with van der Waals surface area (Å²) in [5.41, 5.74) is 1.61. The van der Waals surface area contributed by atoms with Gasteiger partial charge in [-0.1, -0.05) is 63.5 Å². The third kappa shape index (κ3) is 4.84. The van der Waals surface area contributed by atoms with Crippen LogP contribution in [0.3, 0.4) is 0 Å². The molecule has 0 aromatic carbocycles. The van der Waals surface area contributed by atoms with E-state index < -0.39 is 0 Å². The van der Waals surface area contributed by atoms with Crippen molar-refractivity contribution in [3.8, 4) is 6.07 Å². The first-order valence-electron chi connectivity index (χ1n) is 8.67. The summed E-state index contributed by atoms with van der Waals surface area (Å²) in [6.07, 6.45) is 13.9. The standard InChI is InChI=1S/C17H28N4/c1-2-3-4-8-13-21-17(16(14-18)19-20-21)12-11-15-9-6-5-7-10-15/h15H,2-13H2,1H3. The Kier molecular flexibility index (Phi) is 6.72. The molecule has 2 rings (SSSR count). The van der Waals surface area contributed by atoms with E-state index >= 15 is 0 Å². The van der Waals surface area contributed by atoms with Crippen molar-refractivity contribution in [3.63, 3.8) is 0 Å². The van der Waals surface area contributed by atoms with Gasteiger partial charge in [0, 0.05) is 6.54 Å². The van der Waals surface area contributed by atoms with Gasteiger partial charge in [-0.3, -0.25) is 0 Å². The van der Waals surface area contributed by atoms with Crippen LogP contribution >= 0.6 is 0 Å². The molecule has 116 valence electrons. The number of hydrogen-bond acceptors (Lipinski definition) is 3. The van der Waals surface area contributed by atoms with Crippen LogP contribution in [-0.4, -0.2) is 15.0 Å². The molecule has 0 radical (unpaired) electrons. The smallest absolute Gasteiger partial charge is 0.185 e. The lowest BCUT2D eigenvalue weighted by molar-refractivity contribution is 0.336. The van der Waals surface area contributed by atoms with Gasteiger partial charge in [0.2, 0.25) is 0 Å². The van der Waals surface area contributed by atoms with Crippen LogP contribution in [0.5, 0.6) is 0 Å². The Morgan fingerprint density at radius 1 is 1.19 bits per heavy atom. The van der Waals surface area contributed by atoms with E-state index in [9.17, 15) is 5.26 Å². The molecule has 1 heterocycles. The number of hydrogen-bond donors (Lipinski definition) is 0. The average molecular weight is 288 g/mol. The number of rotatable bonds is 8. The maximum atomic E-state index is 9.21. The molecular weight excluding hydrogens is 260 g/mol. The molecule has 4 heteroatoms. The van der Waals surface area contributed by atoms with Gasteiger partial charge in [-0.25, -0.2) is 4.68 Å².